The average Bonchev–Trinajstić information content (AvgIpc) is 2.15. The summed E-state index contributed by atoms with van der Waals surface area (Å²) in [5.74, 6) is 0. The summed E-state index contributed by atoms with van der Waals surface area (Å²) in [5, 5.41) is 8.47. The molecular formula is C9H22OSe2. The molecule has 76 valence electrons. The monoisotopic (exact) mass is 306 g/mol. The van der Waals surface area contributed by atoms with Gasteiger partial charge in [-0.05, 0) is 6.42 Å². The molecule has 0 bridgehead atoms. The van der Waals surface area contributed by atoms with Crippen LogP contribution in [0.4, 0.5) is 0 Å². The molecule has 3 heteroatoms. The van der Waals surface area contributed by atoms with E-state index in [0.717, 1.165) is 6.42 Å². The van der Waals surface area contributed by atoms with E-state index in [1.807, 2.05) is 13.7 Å². The first-order chi connectivity index (χ1) is 5.91. The minimum absolute atomic E-state index is 0.369. The molecule has 0 fully saturated rings. The Hall–Kier alpha value is 0.999. The maximum absolute atomic E-state index is 8.47. The second-order valence-corrected chi connectivity index (χ2v) is 2.84. The Morgan fingerprint density at radius 1 is 0.917 bits per heavy atom. The molecule has 0 spiro atoms. The van der Waals surface area contributed by atoms with Crippen LogP contribution in [-0.2, 0) is 0 Å². The summed E-state index contributed by atoms with van der Waals surface area (Å²) in [6, 6.07) is 0. The van der Waals surface area contributed by atoms with Crippen molar-refractivity contribution in [2.24, 2.45) is 0 Å². The Morgan fingerprint density at radius 3 is 1.75 bits per heavy atom. The van der Waals surface area contributed by atoms with Crippen LogP contribution in [0.2, 0.25) is 0 Å². The molecule has 0 aliphatic heterocycles. The third-order valence-electron chi connectivity index (χ3n) is 1.76. The summed E-state index contributed by atoms with van der Waals surface area (Å²) >= 11 is 4.50. The fourth-order valence-corrected chi connectivity index (χ4v) is 1.07. The summed E-state index contributed by atoms with van der Waals surface area (Å²) in [6.45, 7) is 2.60. The van der Waals surface area contributed by atoms with Crippen molar-refractivity contribution in [1.82, 2.24) is 0 Å². The number of hydrogen-bond donors (Lipinski definition) is 1. The van der Waals surface area contributed by atoms with Gasteiger partial charge in [0.2, 0.25) is 0 Å². The van der Waals surface area contributed by atoms with Gasteiger partial charge in [0, 0.05) is 6.61 Å². The van der Waals surface area contributed by atoms with Gasteiger partial charge in [-0.25, -0.2) is 0 Å². The molecule has 1 N–H and O–H groups in total. The van der Waals surface area contributed by atoms with Gasteiger partial charge in [0.1, 0.15) is 0 Å². The van der Waals surface area contributed by atoms with Crippen molar-refractivity contribution >= 4 is 27.3 Å². The Bertz CT molecular complexity index is 61.5. The van der Waals surface area contributed by atoms with Gasteiger partial charge in [-0.3, -0.25) is 0 Å². The molecule has 0 amide bonds. The Morgan fingerprint density at radius 2 is 1.33 bits per heavy atom. The van der Waals surface area contributed by atoms with Crippen LogP contribution in [0.25, 0.3) is 0 Å². The van der Waals surface area contributed by atoms with Crippen LogP contribution in [0.1, 0.15) is 51.9 Å². The minimum atomic E-state index is 0.369. The van der Waals surface area contributed by atoms with Crippen molar-refractivity contribution in [2.75, 3.05) is 6.61 Å². The van der Waals surface area contributed by atoms with Crippen molar-refractivity contribution in [3.05, 3.63) is 0 Å². The summed E-state index contributed by atoms with van der Waals surface area (Å²) < 4.78 is 0. The molecule has 1 nitrogen and oxygen atoms in total. The van der Waals surface area contributed by atoms with E-state index in [1.165, 1.54) is 38.5 Å². The number of unbranched alkanes of at least 4 members (excludes halogenated alkanes) is 6. The molecule has 0 saturated heterocycles. The van der Waals surface area contributed by atoms with Crippen molar-refractivity contribution in [3.8, 4) is 0 Å². The third-order valence-corrected chi connectivity index (χ3v) is 1.76. The fraction of sp³-hybridized carbons (Fsp3) is 1.00. The number of hydrogen-bond acceptors (Lipinski definition) is 1. The predicted molar refractivity (Wildman–Crippen MR) is 59.4 cm³/mol. The van der Waals surface area contributed by atoms with Crippen LogP contribution < -0.4 is 0 Å². The van der Waals surface area contributed by atoms with E-state index in [2.05, 4.69) is 20.6 Å². The fourth-order valence-electron chi connectivity index (χ4n) is 1.07. The second kappa shape index (κ2) is 17.9. The number of aliphatic hydroxyl groups is 1. The average molecular weight is 304 g/mol. The first-order valence-electron chi connectivity index (χ1n) is 4.73. The van der Waals surface area contributed by atoms with Gasteiger partial charge in [-0.1, -0.05) is 45.4 Å². The van der Waals surface area contributed by atoms with E-state index in [0.29, 0.717) is 6.61 Å². The van der Waals surface area contributed by atoms with Gasteiger partial charge in [-0.2, -0.15) is 0 Å². The van der Waals surface area contributed by atoms with Crippen molar-refractivity contribution in [2.45, 2.75) is 51.9 Å². The normalized spacial score (nSPS) is 8.92. The number of aliphatic hydroxyl groups excluding tert-OH is 1. The zero-order valence-electron chi connectivity index (χ0n) is 8.01. The molecule has 0 heterocycles. The van der Waals surface area contributed by atoms with Crippen LogP contribution in [-0.4, -0.2) is 39.0 Å². The molecule has 0 aromatic heterocycles. The molecule has 12 heavy (non-hydrogen) atoms. The summed E-state index contributed by atoms with van der Waals surface area (Å²) in [5.41, 5.74) is 0. The first-order valence-corrected chi connectivity index (χ1v) is 10.0. The predicted octanol–water partition coefficient (Wildman–Crippen LogP) is 1.43. The Kier molecular flexibility index (Phi) is 23.1. The van der Waals surface area contributed by atoms with Gasteiger partial charge in [-0.15, -0.1) is 0 Å². The van der Waals surface area contributed by atoms with Crippen molar-refractivity contribution in [3.63, 3.8) is 0 Å². The van der Waals surface area contributed by atoms with Crippen LogP contribution in [0.5, 0.6) is 0 Å². The third kappa shape index (κ3) is 17.2. The molecule has 0 aromatic carbocycles. The van der Waals surface area contributed by atoms with Gasteiger partial charge in [0.15, 0.2) is 0 Å². The van der Waals surface area contributed by atoms with E-state index in [4.69, 9.17) is 5.11 Å². The Labute approximate surface area is 90.8 Å². The Balaban J connectivity index is 0. The van der Waals surface area contributed by atoms with Crippen molar-refractivity contribution in [1.29, 1.82) is 0 Å². The number of rotatable bonds is 7. The molecule has 0 unspecified atom stereocenters. The van der Waals surface area contributed by atoms with E-state index in [1.54, 1.807) is 0 Å². The SMILES string of the molecule is CCCCCCCCCO.[Se]=[SeH2]. The van der Waals surface area contributed by atoms with Crippen LogP contribution >= 0.6 is 0 Å². The molecule has 0 aromatic rings. The quantitative estimate of drug-likeness (QED) is 0.557. The van der Waals surface area contributed by atoms with Crippen LogP contribution in [0, 0.1) is 0 Å². The summed E-state index contributed by atoms with van der Waals surface area (Å²) in [7, 11) is 0. The van der Waals surface area contributed by atoms with E-state index >= 15 is 0 Å². The molecule has 0 rings (SSSR count). The standard InChI is InChI=1S/C9H20O.H2Se2/c1-2-3-4-5-6-7-8-9-10;1-2/h10H,2-9H2,1H3;1H2. The first kappa shape index (κ1) is 15.5. The molecule has 0 saturated carbocycles. The maximum atomic E-state index is 8.47. The topological polar surface area (TPSA) is 20.2 Å². The van der Waals surface area contributed by atoms with E-state index < -0.39 is 0 Å². The van der Waals surface area contributed by atoms with Crippen LogP contribution in [0.3, 0.4) is 0 Å². The molecule has 0 aliphatic rings. The van der Waals surface area contributed by atoms with Crippen LogP contribution in [0.15, 0.2) is 0 Å². The zero-order chi connectivity index (χ0) is 9.66. The van der Waals surface area contributed by atoms with Gasteiger partial charge in [0.25, 0.3) is 0 Å². The second-order valence-electron chi connectivity index (χ2n) is 2.84. The van der Waals surface area contributed by atoms with Gasteiger partial charge in [0.05, 0.1) is 0 Å². The van der Waals surface area contributed by atoms with E-state index in [-0.39, 0.29) is 0 Å². The van der Waals surface area contributed by atoms with E-state index in [9.17, 15) is 0 Å². The summed E-state index contributed by atoms with van der Waals surface area (Å²) in [4.78, 5) is 0. The molecule has 0 radical (unpaired) electrons. The van der Waals surface area contributed by atoms with Gasteiger partial charge < -0.3 is 5.11 Å². The molecule has 0 atom stereocenters. The summed E-state index contributed by atoms with van der Waals surface area (Å²) in [6.07, 6.45) is 8.93. The molecule has 0 aliphatic carbocycles. The van der Waals surface area contributed by atoms with Gasteiger partial charge >= 0.3 is 27.3 Å². The molecular weight excluding hydrogens is 282 g/mol. The zero-order valence-corrected chi connectivity index (χ0v) is 11.8. The van der Waals surface area contributed by atoms with Crippen molar-refractivity contribution < 1.29 is 5.11 Å².